The molecule has 1 unspecified atom stereocenters. The number of nitrogens with zero attached hydrogens (tertiary/aromatic N) is 1. The average Bonchev–Trinajstić information content (AvgIpc) is 2.30. The van der Waals surface area contributed by atoms with Crippen LogP contribution < -0.4 is 0 Å². The molecule has 0 bridgehead atoms. The summed E-state index contributed by atoms with van der Waals surface area (Å²) in [6, 6.07) is 3.79. The van der Waals surface area contributed by atoms with Crippen LogP contribution in [0.25, 0.3) is 0 Å². The maximum Gasteiger partial charge on any atom is 0.177 e. The number of thioether (sulfide) groups is 1. The predicted molar refractivity (Wildman–Crippen MR) is 63.4 cm³/mol. The van der Waals surface area contributed by atoms with E-state index in [4.69, 9.17) is 0 Å². The van der Waals surface area contributed by atoms with Gasteiger partial charge >= 0.3 is 0 Å². The second-order valence-electron chi connectivity index (χ2n) is 3.91. The van der Waals surface area contributed by atoms with Gasteiger partial charge in [-0.2, -0.15) is 11.8 Å². The van der Waals surface area contributed by atoms with Crippen LogP contribution in [-0.4, -0.2) is 21.8 Å². The number of carbonyl (C=O) groups excluding carboxylic acids is 1. The van der Waals surface area contributed by atoms with E-state index < -0.39 is 0 Å². The zero-order valence-electron chi connectivity index (χ0n) is 8.90. The van der Waals surface area contributed by atoms with Gasteiger partial charge in [0.1, 0.15) is 0 Å². The summed E-state index contributed by atoms with van der Waals surface area (Å²) in [5.41, 5.74) is 1.72. The molecule has 0 radical (unpaired) electrons. The summed E-state index contributed by atoms with van der Waals surface area (Å²) in [7, 11) is 0. The van der Waals surface area contributed by atoms with Gasteiger partial charge in [-0.1, -0.05) is 6.42 Å². The van der Waals surface area contributed by atoms with E-state index in [1.165, 1.54) is 12.8 Å². The first-order valence-electron chi connectivity index (χ1n) is 5.36. The number of aryl methyl sites for hydroxylation is 1. The number of aromatic nitrogens is 1. The van der Waals surface area contributed by atoms with Gasteiger partial charge in [-0.15, -0.1) is 0 Å². The van der Waals surface area contributed by atoms with Crippen molar-refractivity contribution in [1.82, 2.24) is 4.98 Å². The Labute approximate surface area is 94.5 Å². The van der Waals surface area contributed by atoms with Crippen molar-refractivity contribution < 1.29 is 4.79 Å². The van der Waals surface area contributed by atoms with Crippen LogP contribution in [0.2, 0.25) is 0 Å². The van der Waals surface area contributed by atoms with Crippen molar-refractivity contribution in [2.45, 2.75) is 31.4 Å². The molecule has 0 aromatic carbocycles. The molecule has 2 heterocycles. The third-order valence-electron chi connectivity index (χ3n) is 2.67. The Bertz CT molecular complexity index is 341. The molecule has 1 aromatic heterocycles. The van der Waals surface area contributed by atoms with E-state index in [1.54, 1.807) is 18.0 Å². The molecule has 1 aliphatic rings. The number of hydrogen-bond donors (Lipinski definition) is 0. The molecule has 0 saturated carbocycles. The third kappa shape index (κ3) is 2.59. The summed E-state index contributed by atoms with van der Waals surface area (Å²) in [5, 5.41) is 0.170. The van der Waals surface area contributed by atoms with Crippen molar-refractivity contribution in [1.29, 1.82) is 0 Å². The minimum absolute atomic E-state index is 0.170. The topological polar surface area (TPSA) is 30.0 Å². The summed E-state index contributed by atoms with van der Waals surface area (Å²) in [6.07, 6.45) is 5.16. The normalized spacial score (nSPS) is 21.3. The molecule has 1 saturated heterocycles. The second kappa shape index (κ2) is 4.79. The lowest BCUT2D eigenvalue weighted by molar-refractivity contribution is 0.0984. The van der Waals surface area contributed by atoms with Gasteiger partial charge in [-0.3, -0.25) is 9.78 Å². The molecule has 1 atom stereocenters. The first kappa shape index (κ1) is 10.7. The van der Waals surface area contributed by atoms with Crippen LogP contribution in [0.3, 0.4) is 0 Å². The number of Topliss-reactive ketones (excluding diaryl/α,β-unsaturated/α-hetero) is 1. The molecular weight excluding hydrogens is 206 g/mol. The minimum atomic E-state index is 0.170. The van der Waals surface area contributed by atoms with E-state index in [-0.39, 0.29) is 11.0 Å². The molecule has 0 amide bonds. The molecule has 1 aliphatic heterocycles. The van der Waals surface area contributed by atoms with Crippen molar-refractivity contribution in [2.75, 3.05) is 5.75 Å². The molecule has 80 valence electrons. The average molecular weight is 221 g/mol. The standard InChI is InChI=1S/C12H15NOS/c1-9-5-6-10(8-13-9)12(14)11-4-2-3-7-15-11/h5-6,8,11H,2-4,7H2,1H3. The first-order valence-corrected chi connectivity index (χ1v) is 6.41. The van der Waals surface area contributed by atoms with Gasteiger partial charge in [-0.05, 0) is 37.7 Å². The third-order valence-corrected chi connectivity index (χ3v) is 4.04. The maximum absolute atomic E-state index is 12.1. The predicted octanol–water partition coefficient (Wildman–Crippen LogP) is 2.86. The zero-order valence-corrected chi connectivity index (χ0v) is 9.72. The number of rotatable bonds is 2. The van der Waals surface area contributed by atoms with Crippen LogP contribution in [0.4, 0.5) is 0 Å². The Kier molecular flexibility index (Phi) is 3.41. The monoisotopic (exact) mass is 221 g/mol. The fourth-order valence-corrected chi connectivity index (χ4v) is 3.02. The number of carbonyl (C=O) groups is 1. The molecule has 1 aromatic rings. The van der Waals surface area contributed by atoms with Crippen molar-refractivity contribution in [2.24, 2.45) is 0 Å². The molecule has 0 spiro atoms. The Morgan fingerprint density at radius 3 is 2.93 bits per heavy atom. The Hall–Kier alpha value is -0.830. The van der Waals surface area contributed by atoms with Crippen molar-refractivity contribution in [3.8, 4) is 0 Å². The van der Waals surface area contributed by atoms with Gasteiger partial charge in [0.15, 0.2) is 5.78 Å². The highest BCUT2D eigenvalue weighted by Gasteiger charge is 2.22. The molecule has 2 nitrogen and oxygen atoms in total. The largest absolute Gasteiger partial charge is 0.293 e. The molecule has 2 rings (SSSR count). The van der Waals surface area contributed by atoms with Gasteiger partial charge < -0.3 is 0 Å². The molecular formula is C12H15NOS. The van der Waals surface area contributed by atoms with E-state index >= 15 is 0 Å². The highest BCUT2D eigenvalue weighted by Crippen LogP contribution is 2.27. The Morgan fingerprint density at radius 2 is 2.33 bits per heavy atom. The molecule has 3 heteroatoms. The van der Waals surface area contributed by atoms with Crippen LogP contribution in [-0.2, 0) is 0 Å². The minimum Gasteiger partial charge on any atom is -0.293 e. The SMILES string of the molecule is Cc1ccc(C(=O)C2CCCCS2)cn1. The van der Waals surface area contributed by atoms with Gasteiger partial charge in [0.05, 0.1) is 5.25 Å². The Balaban J connectivity index is 2.09. The lowest BCUT2D eigenvalue weighted by Gasteiger charge is -2.19. The molecule has 0 aliphatic carbocycles. The van der Waals surface area contributed by atoms with Crippen LogP contribution in [0.15, 0.2) is 18.3 Å². The quantitative estimate of drug-likeness (QED) is 0.719. The van der Waals surface area contributed by atoms with E-state index in [0.29, 0.717) is 0 Å². The van der Waals surface area contributed by atoms with E-state index in [9.17, 15) is 4.79 Å². The van der Waals surface area contributed by atoms with Gasteiger partial charge in [-0.25, -0.2) is 0 Å². The van der Waals surface area contributed by atoms with Gasteiger partial charge in [0.25, 0.3) is 0 Å². The fourth-order valence-electron chi connectivity index (χ4n) is 1.75. The fraction of sp³-hybridized carbons (Fsp3) is 0.500. The lowest BCUT2D eigenvalue weighted by Crippen LogP contribution is -2.21. The lowest BCUT2D eigenvalue weighted by atomic mass is 10.1. The summed E-state index contributed by atoms with van der Waals surface area (Å²) in [6.45, 7) is 1.93. The van der Waals surface area contributed by atoms with Crippen LogP contribution >= 0.6 is 11.8 Å². The zero-order chi connectivity index (χ0) is 10.7. The highest BCUT2D eigenvalue weighted by atomic mass is 32.2. The maximum atomic E-state index is 12.1. The smallest absolute Gasteiger partial charge is 0.177 e. The number of pyridine rings is 1. The summed E-state index contributed by atoms with van der Waals surface area (Å²) < 4.78 is 0. The van der Waals surface area contributed by atoms with Crippen molar-refractivity contribution in [3.05, 3.63) is 29.6 Å². The highest BCUT2D eigenvalue weighted by molar-refractivity contribution is 8.00. The van der Waals surface area contributed by atoms with Crippen molar-refractivity contribution >= 4 is 17.5 Å². The summed E-state index contributed by atoms with van der Waals surface area (Å²) >= 11 is 1.79. The number of hydrogen-bond acceptors (Lipinski definition) is 3. The summed E-state index contributed by atoms with van der Waals surface area (Å²) in [5.74, 6) is 1.38. The van der Waals surface area contributed by atoms with E-state index in [2.05, 4.69) is 4.98 Å². The van der Waals surface area contributed by atoms with Gasteiger partial charge in [0.2, 0.25) is 0 Å². The number of ketones is 1. The summed E-state index contributed by atoms with van der Waals surface area (Å²) in [4.78, 5) is 16.2. The van der Waals surface area contributed by atoms with E-state index in [0.717, 1.165) is 23.4 Å². The first-order chi connectivity index (χ1) is 7.27. The van der Waals surface area contributed by atoms with Crippen LogP contribution in [0.1, 0.15) is 35.3 Å². The van der Waals surface area contributed by atoms with Crippen LogP contribution in [0.5, 0.6) is 0 Å². The van der Waals surface area contributed by atoms with Crippen molar-refractivity contribution in [3.63, 3.8) is 0 Å². The van der Waals surface area contributed by atoms with Gasteiger partial charge in [0, 0.05) is 17.5 Å². The molecule has 0 N–H and O–H groups in total. The second-order valence-corrected chi connectivity index (χ2v) is 5.22. The van der Waals surface area contributed by atoms with Crippen LogP contribution in [0, 0.1) is 6.92 Å². The molecule has 1 fully saturated rings. The van der Waals surface area contributed by atoms with E-state index in [1.807, 2.05) is 19.1 Å². The Morgan fingerprint density at radius 1 is 1.47 bits per heavy atom. The molecule has 15 heavy (non-hydrogen) atoms.